The normalized spacial score (nSPS) is 33.7. The summed E-state index contributed by atoms with van der Waals surface area (Å²) in [5.74, 6) is -0.307. The van der Waals surface area contributed by atoms with Gasteiger partial charge in [0, 0.05) is 18.3 Å². The van der Waals surface area contributed by atoms with E-state index in [0.717, 1.165) is 12.8 Å². The van der Waals surface area contributed by atoms with Crippen LogP contribution in [0.25, 0.3) is 0 Å². The highest BCUT2D eigenvalue weighted by atomic mass is 32.2. The van der Waals surface area contributed by atoms with Gasteiger partial charge in [0.15, 0.2) is 0 Å². The van der Waals surface area contributed by atoms with Crippen LogP contribution < -0.4 is 5.32 Å². The van der Waals surface area contributed by atoms with Crippen LogP contribution in [0.1, 0.15) is 25.7 Å². The van der Waals surface area contributed by atoms with Gasteiger partial charge in [-0.25, -0.2) is 0 Å². The van der Waals surface area contributed by atoms with Crippen molar-refractivity contribution in [3.8, 4) is 0 Å². The summed E-state index contributed by atoms with van der Waals surface area (Å²) >= 11 is 1.61. The van der Waals surface area contributed by atoms with E-state index in [1.165, 1.54) is 17.7 Å². The van der Waals surface area contributed by atoms with E-state index in [9.17, 15) is 9.59 Å². The summed E-state index contributed by atoms with van der Waals surface area (Å²) in [4.78, 5) is 25.5. The number of carbonyl (C=O) groups is 2. The van der Waals surface area contributed by atoms with Gasteiger partial charge in [0.1, 0.15) is 10.6 Å². The van der Waals surface area contributed by atoms with E-state index in [2.05, 4.69) is 5.32 Å². The molecule has 2 amide bonds. The molecule has 5 heteroatoms. The number of fused-ring (bicyclic) bond motifs is 1. The monoisotopic (exact) mass is 238 g/mol. The zero-order chi connectivity index (χ0) is 11.3. The van der Waals surface area contributed by atoms with Crippen molar-refractivity contribution in [3.63, 3.8) is 0 Å². The Morgan fingerprint density at radius 3 is 2.81 bits per heavy atom. The number of hydrogen-bond donors (Lipinski definition) is 1. The van der Waals surface area contributed by atoms with E-state index < -0.39 is 0 Å². The van der Waals surface area contributed by atoms with Crippen molar-refractivity contribution in [3.05, 3.63) is 10.6 Å². The Hall–Kier alpha value is -0.970. The zero-order valence-electron chi connectivity index (χ0n) is 9.16. The topological polar surface area (TPSA) is 49.4 Å². The molecule has 86 valence electrons. The second-order valence-electron chi connectivity index (χ2n) is 4.57. The SMILES string of the molecule is CN1C(=O)C2=C(SC3CCCCC3N2)C1=O. The van der Waals surface area contributed by atoms with Crippen LogP contribution in [0.5, 0.6) is 0 Å². The number of nitrogens with one attached hydrogen (secondary N) is 1. The van der Waals surface area contributed by atoms with E-state index in [1.807, 2.05) is 0 Å². The number of likely N-dealkylation sites (N-methyl/N-ethyl adjacent to an activating group) is 1. The highest BCUT2D eigenvalue weighted by Gasteiger charge is 2.43. The van der Waals surface area contributed by atoms with Gasteiger partial charge in [-0.1, -0.05) is 12.8 Å². The molecule has 0 saturated heterocycles. The summed E-state index contributed by atoms with van der Waals surface area (Å²) in [6.07, 6.45) is 4.70. The molecule has 0 aromatic carbocycles. The van der Waals surface area contributed by atoms with Gasteiger partial charge < -0.3 is 5.32 Å². The van der Waals surface area contributed by atoms with Crippen LogP contribution in [0.3, 0.4) is 0 Å². The molecule has 0 radical (unpaired) electrons. The van der Waals surface area contributed by atoms with Crippen LogP contribution >= 0.6 is 11.8 Å². The lowest BCUT2D eigenvalue weighted by atomic mass is 9.94. The van der Waals surface area contributed by atoms with Gasteiger partial charge in [0.2, 0.25) is 0 Å². The standard InChI is InChI=1S/C11H14N2O2S/c1-13-10(14)8-9(11(13)15)16-7-5-3-2-4-6(7)12-8/h6-7,12H,2-5H2,1H3. The minimum atomic E-state index is -0.170. The summed E-state index contributed by atoms with van der Waals surface area (Å²) < 4.78 is 0. The van der Waals surface area contributed by atoms with Gasteiger partial charge in [-0.3, -0.25) is 14.5 Å². The third-order valence-corrected chi connectivity index (χ3v) is 5.03. The summed E-state index contributed by atoms with van der Waals surface area (Å²) in [5.41, 5.74) is 0.542. The minimum absolute atomic E-state index is 0.137. The predicted molar refractivity (Wildman–Crippen MR) is 61.6 cm³/mol. The molecule has 0 bridgehead atoms. The Balaban J connectivity index is 1.93. The fourth-order valence-corrected chi connectivity index (χ4v) is 4.05. The Kier molecular flexibility index (Phi) is 2.24. The van der Waals surface area contributed by atoms with Gasteiger partial charge in [-0.2, -0.15) is 0 Å². The number of carbonyl (C=O) groups excluding carboxylic acids is 2. The van der Waals surface area contributed by atoms with Crippen LogP contribution in [0.2, 0.25) is 0 Å². The number of imide groups is 1. The van der Waals surface area contributed by atoms with Crippen molar-refractivity contribution < 1.29 is 9.59 Å². The first kappa shape index (κ1) is 10.2. The van der Waals surface area contributed by atoms with Crippen molar-refractivity contribution >= 4 is 23.6 Å². The third kappa shape index (κ3) is 1.30. The van der Waals surface area contributed by atoms with Crippen molar-refractivity contribution in [1.29, 1.82) is 0 Å². The fraction of sp³-hybridized carbons (Fsp3) is 0.636. The van der Waals surface area contributed by atoms with Crippen LogP contribution in [0.4, 0.5) is 0 Å². The second kappa shape index (κ2) is 3.52. The van der Waals surface area contributed by atoms with E-state index >= 15 is 0 Å². The largest absolute Gasteiger partial charge is 0.376 e. The Morgan fingerprint density at radius 1 is 1.25 bits per heavy atom. The van der Waals surface area contributed by atoms with E-state index in [-0.39, 0.29) is 11.8 Å². The van der Waals surface area contributed by atoms with Crippen LogP contribution in [-0.2, 0) is 9.59 Å². The molecule has 1 aliphatic carbocycles. The molecule has 1 N–H and O–H groups in total. The first-order chi connectivity index (χ1) is 7.68. The maximum Gasteiger partial charge on any atom is 0.277 e. The molecule has 3 rings (SSSR count). The first-order valence-electron chi connectivity index (χ1n) is 5.68. The minimum Gasteiger partial charge on any atom is -0.376 e. The number of rotatable bonds is 0. The van der Waals surface area contributed by atoms with Gasteiger partial charge in [-0.05, 0) is 12.8 Å². The summed E-state index contributed by atoms with van der Waals surface area (Å²) in [5, 5.41) is 3.74. The van der Waals surface area contributed by atoms with Gasteiger partial charge in [-0.15, -0.1) is 11.8 Å². The van der Waals surface area contributed by atoms with Crippen molar-refractivity contribution in [2.45, 2.75) is 37.0 Å². The van der Waals surface area contributed by atoms with Crippen LogP contribution in [0.15, 0.2) is 10.6 Å². The molecule has 2 unspecified atom stereocenters. The van der Waals surface area contributed by atoms with E-state index in [4.69, 9.17) is 0 Å². The molecule has 0 aromatic rings. The third-order valence-electron chi connectivity index (χ3n) is 3.55. The molecule has 1 fully saturated rings. The fourth-order valence-electron chi connectivity index (χ4n) is 2.59. The highest BCUT2D eigenvalue weighted by Crippen LogP contribution is 2.41. The molecule has 3 aliphatic rings. The predicted octanol–water partition coefficient (Wildman–Crippen LogP) is 0.844. The summed E-state index contributed by atoms with van der Waals surface area (Å²) in [7, 11) is 1.55. The smallest absolute Gasteiger partial charge is 0.277 e. The molecule has 2 heterocycles. The highest BCUT2D eigenvalue weighted by molar-refractivity contribution is 8.04. The van der Waals surface area contributed by atoms with E-state index in [1.54, 1.807) is 18.8 Å². The Morgan fingerprint density at radius 2 is 2.00 bits per heavy atom. The number of thioether (sulfide) groups is 1. The molecule has 2 aliphatic heterocycles. The number of hydrogen-bond acceptors (Lipinski definition) is 4. The molecule has 1 saturated carbocycles. The molecule has 4 nitrogen and oxygen atoms in total. The summed E-state index contributed by atoms with van der Waals surface area (Å²) in [6, 6.07) is 0.376. The number of amides is 2. The van der Waals surface area contributed by atoms with Gasteiger partial charge in [0.05, 0.1) is 0 Å². The molecular formula is C11H14N2O2S. The zero-order valence-corrected chi connectivity index (χ0v) is 9.97. The van der Waals surface area contributed by atoms with Gasteiger partial charge >= 0.3 is 0 Å². The molecule has 2 atom stereocenters. The lowest BCUT2D eigenvalue weighted by Gasteiger charge is -2.35. The lowest BCUT2D eigenvalue weighted by Crippen LogP contribution is -2.44. The average Bonchev–Trinajstić information content (AvgIpc) is 2.52. The Bertz CT molecular complexity index is 369. The molecule has 16 heavy (non-hydrogen) atoms. The quantitative estimate of drug-likeness (QED) is 0.635. The van der Waals surface area contributed by atoms with Crippen LogP contribution in [0, 0.1) is 0 Å². The molecular weight excluding hydrogens is 224 g/mol. The maximum atomic E-state index is 11.8. The number of nitrogens with zero attached hydrogens (tertiary/aromatic N) is 1. The Labute approximate surface area is 98.4 Å². The van der Waals surface area contributed by atoms with E-state index in [0.29, 0.717) is 21.9 Å². The maximum absolute atomic E-state index is 11.8. The lowest BCUT2D eigenvalue weighted by molar-refractivity contribution is -0.135. The molecule has 0 aromatic heterocycles. The second-order valence-corrected chi connectivity index (χ2v) is 5.81. The van der Waals surface area contributed by atoms with Crippen molar-refractivity contribution in [2.75, 3.05) is 7.05 Å². The summed E-state index contributed by atoms with van der Waals surface area (Å²) in [6.45, 7) is 0. The van der Waals surface area contributed by atoms with Crippen LogP contribution in [-0.4, -0.2) is 35.1 Å². The van der Waals surface area contributed by atoms with Crippen molar-refractivity contribution in [2.24, 2.45) is 0 Å². The molecule has 0 spiro atoms. The average molecular weight is 238 g/mol. The van der Waals surface area contributed by atoms with Crippen molar-refractivity contribution in [1.82, 2.24) is 10.2 Å². The van der Waals surface area contributed by atoms with Gasteiger partial charge in [0.25, 0.3) is 11.8 Å². The first-order valence-corrected chi connectivity index (χ1v) is 6.56.